The van der Waals surface area contributed by atoms with Crippen LogP contribution in [-0.2, 0) is 11.8 Å². The fourth-order valence-electron chi connectivity index (χ4n) is 2.68. The van der Waals surface area contributed by atoms with Crippen molar-refractivity contribution in [2.75, 3.05) is 5.32 Å². The highest BCUT2D eigenvalue weighted by atomic mass is 19.1. The van der Waals surface area contributed by atoms with Crippen LogP contribution in [0.25, 0.3) is 0 Å². The third-order valence-corrected chi connectivity index (χ3v) is 4.00. The summed E-state index contributed by atoms with van der Waals surface area (Å²) in [6, 6.07) is 3.71. The van der Waals surface area contributed by atoms with Crippen molar-refractivity contribution in [1.82, 2.24) is 15.1 Å². The van der Waals surface area contributed by atoms with Crippen molar-refractivity contribution in [1.29, 1.82) is 0 Å². The van der Waals surface area contributed by atoms with Crippen molar-refractivity contribution in [3.63, 3.8) is 0 Å². The zero-order chi connectivity index (χ0) is 15.1. The second kappa shape index (κ2) is 4.96. The maximum atomic E-state index is 13.4. The summed E-state index contributed by atoms with van der Waals surface area (Å²) in [5, 5.41) is 10.2. The Morgan fingerprint density at radius 1 is 1.48 bits per heavy atom. The number of hydrogen-bond acceptors (Lipinski definition) is 3. The lowest BCUT2D eigenvalue weighted by Crippen LogP contribution is -2.30. The smallest absolute Gasteiger partial charge is 0.246 e. The third-order valence-electron chi connectivity index (χ3n) is 4.00. The summed E-state index contributed by atoms with van der Waals surface area (Å²) >= 11 is 0. The number of hydrogen-bond donors (Lipinski definition) is 2. The predicted octanol–water partition coefficient (Wildman–Crippen LogP) is 2.21. The van der Waals surface area contributed by atoms with Gasteiger partial charge in [-0.1, -0.05) is 0 Å². The van der Waals surface area contributed by atoms with Crippen LogP contribution in [0.1, 0.15) is 35.8 Å². The Morgan fingerprint density at radius 3 is 2.90 bits per heavy atom. The number of nitrogens with one attached hydrogen (secondary N) is 2. The molecular formula is C15H17FN4O. The summed E-state index contributed by atoms with van der Waals surface area (Å²) in [4.78, 5) is 12.1. The zero-order valence-electron chi connectivity index (χ0n) is 12.1. The second-order valence-corrected chi connectivity index (χ2v) is 5.35. The molecule has 0 saturated heterocycles. The highest BCUT2D eigenvalue weighted by Gasteiger charge is 2.32. The van der Waals surface area contributed by atoms with Crippen LogP contribution < -0.4 is 10.6 Å². The summed E-state index contributed by atoms with van der Waals surface area (Å²) in [6.45, 7) is 3.94. The van der Waals surface area contributed by atoms with E-state index >= 15 is 0 Å². The molecule has 110 valence electrons. The number of rotatable bonds is 3. The first kappa shape index (κ1) is 13.8. The lowest BCUT2D eigenvalue weighted by molar-refractivity contribution is -0.117. The number of fused-ring (bicyclic) bond motifs is 1. The molecule has 2 atom stereocenters. The van der Waals surface area contributed by atoms with Gasteiger partial charge in [-0.15, -0.1) is 0 Å². The van der Waals surface area contributed by atoms with Crippen molar-refractivity contribution in [3.8, 4) is 0 Å². The topological polar surface area (TPSA) is 59.0 Å². The number of carbonyl (C=O) groups is 1. The molecule has 5 nitrogen and oxygen atoms in total. The molecule has 2 heterocycles. The molecule has 1 amide bonds. The van der Waals surface area contributed by atoms with Crippen LogP contribution in [0.4, 0.5) is 10.1 Å². The van der Waals surface area contributed by atoms with Crippen LogP contribution in [-0.4, -0.2) is 15.7 Å². The summed E-state index contributed by atoms with van der Waals surface area (Å²) < 4.78 is 15.2. The number of carbonyl (C=O) groups excluding carboxylic acids is 1. The van der Waals surface area contributed by atoms with Crippen LogP contribution in [0.3, 0.4) is 0 Å². The first-order valence-electron chi connectivity index (χ1n) is 6.82. The van der Waals surface area contributed by atoms with Crippen LogP contribution in [0.15, 0.2) is 24.4 Å². The van der Waals surface area contributed by atoms with E-state index in [9.17, 15) is 9.18 Å². The Hall–Kier alpha value is -2.21. The van der Waals surface area contributed by atoms with Gasteiger partial charge < -0.3 is 5.32 Å². The average molecular weight is 288 g/mol. The molecule has 0 bridgehead atoms. The molecule has 3 rings (SSSR count). The van der Waals surface area contributed by atoms with E-state index in [1.807, 2.05) is 20.9 Å². The van der Waals surface area contributed by atoms with E-state index in [0.717, 1.165) is 11.3 Å². The minimum atomic E-state index is -0.551. The first-order chi connectivity index (χ1) is 9.97. The molecule has 2 N–H and O–H groups in total. The predicted molar refractivity (Wildman–Crippen MR) is 77.3 cm³/mol. The molecule has 0 radical (unpaired) electrons. The lowest BCUT2D eigenvalue weighted by Gasteiger charge is -2.18. The van der Waals surface area contributed by atoms with E-state index in [4.69, 9.17) is 0 Å². The van der Waals surface area contributed by atoms with Gasteiger partial charge >= 0.3 is 0 Å². The highest BCUT2D eigenvalue weighted by Crippen LogP contribution is 2.33. The number of aromatic nitrogens is 2. The molecule has 1 aliphatic heterocycles. The molecule has 21 heavy (non-hydrogen) atoms. The van der Waals surface area contributed by atoms with Gasteiger partial charge in [0.25, 0.3) is 0 Å². The SMILES string of the molecule is Cc1c(C(C)NC2C(=O)Nc3ccc(F)cc32)cnn1C. The molecule has 2 aromatic rings. The van der Waals surface area contributed by atoms with Crippen molar-refractivity contribution >= 4 is 11.6 Å². The molecule has 1 aromatic heterocycles. The molecule has 0 saturated carbocycles. The maximum absolute atomic E-state index is 13.4. The van der Waals surface area contributed by atoms with Crippen LogP contribution in [0.5, 0.6) is 0 Å². The van der Waals surface area contributed by atoms with Crippen LogP contribution in [0, 0.1) is 12.7 Å². The summed E-state index contributed by atoms with van der Waals surface area (Å²) in [5.74, 6) is -0.508. The Kier molecular flexibility index (Phi) is 3.25. The molecular weight excluding hydrogens is 271 g/mol. The normalized spacial score (nSPS) is 18.5. The molecule has 1 aliphatic rings. The van der Waals surface area contributed by atoms with Crippen molar-refractivity contribution in [3.05, 3.63) is 47.0 Å². The van der Waals surface area contributed by atoms with E-state index < -0.39 is 6.04 Å². The van der Waals surface area contributed by atoms with E-state index in [0.29, 0.717) is 11.3 Å². The van der Waals surface area contributed by atoms with Gasteiger partial charge in [-0.2, -0.15) is 5.10 Å². The summed E-state index contributed by atoms with van der Waals surface area (Å²) in [6.07, 6.45) is 1.78. The Bertz CT molecular complexity index is 710. The highest BCUT2D eigenvalue weighted by molar-refractivity contribution is 6.02. The number of nitrogens with zero attached hydrogens (tertiary/aromatic N) is 2. The zero-order valence-corrected chi connectivity index (χ0v) is 12.1. The minimum absolute atomic E-state index is 0.0660. The molecule has 0 aliphatic carbocycles. The van der Waals surface area contributed by atoms with Gasteiger partial charge in [0.1, 0.15) is 11.9 Å². The number of benzene rings is 1. The first-order valence-corrected chi connectivity index (χ1v) is 6.82. The van der Waals surface area contributed by atoms with E-state index in [1.165, 1.54) is 12.1 Å². The third kappa shape index (κ3) is 2.31. The van der Waals surface area contributed by atoms with Gasteiger partial charge in [0.15, 0.2) is 0 Å². The molecule has 0 spiro atoms. The monoisotopic (exact) mass is 288 g/mol. The van der Waals surface area contributed by atoms with Gasteiger partial charge in [0, 0.05) is 35.6 Å². The van der Waals surface area contributed by atoms with Crippen molar-refractivity contribution in [2.45, 2.75) is 25.9 Å². The summed E-state index contributed by atoms with van der Waals surface area (Å²) in [5.41, 5.74) is 3.37. The maximum Gasteiger partial charge on any atom is 0.246 e. The molecule has 6 heteroatoms. The van der Waals surface area contributed by atoms with Gasteiger partial charge in [0.05, 0.1) is 6.20 Å². The van der Waals surface area contributed by atoms with Gasteiger partial charge in [-0.3, -0.25) is 14.8 Å². The average Bonchev–Trinajstić information content (AvgIpc) is 2.92. The van der Waals surface area contributed by atoms with Crippen molar-refractivity contribution in [2.24, 2.45) is 7.05 Å². The molecule has 2 unspecified atom stereocenters. The fourth-order valence-corrected chi connectivity index (χ4v) is 2.68. The standard InChI is InChI=1S/C15H17FN4O/c1-8(12-7-17-20(3)9(12)2)18-14-11-6-10(16)4-5-13(11)19-15(14)21/h4-8,14,18H,1-3H3,(H,19,21). The number of aryl methyl sites for hydroxylation is 1. The second-order valence-electron chi connectivity index (χ2n) is 5.35. The number of halogens is 1. The van der Waals surface area contributed by atoms with E-state index in [-0.39, 0.29) is 17.8 Å². The quantitative estimate of drug-likeness (QED) is 0.910. The molecule has 0 fully saturated rings. The molecule has 1 aromatic carbocycles. The van der Waals surface area contributed by atoms with Crippen LogP contribution in [0.2, 0.25) is 0 Å². The van der Waals surface area contributed by atoms with E-state index in [2.05, 4.69) is 15.7 Å². The summed E-state index contributed by atoms with van der Waals surface area (Å²) in [7, 11) is 1.87. The largest absolute Gasteiger partial charge is 0.324 e. The van der Waals surface area contributed by atoms with Gasteiger partial charge in [0.2, 0.25) is 5.91 Å². The minimum Gasteiger partial charge on any atom is -0.324 e. The van der Waals surface area contributed by atoms with Crippen LogP contribution >= 0.6 is 0 Å². The van der Waals surface area contributed by atoms with E-state index in [1.54, 1.807) is 16.9 Å². The Balaban J connectivity index is 1.87. The Morgan fingerprint density at radius 2 is 2.24 bits per heavy atom. The lowest BCUT2D eigenvalue weighted by atomic mass is 10.0. The van der Waals surface area contributed by atoms with Gasteiger partial charge in [-0.25, -0.2) is 4.39 Å². The number of anilines is 1. The number of amides is 1. The van der Waals surface area contributed by atoms with Gasteiger partial charge in [-0.05, 0) is 32.0 Å². The fraction of sp³-hybridized carbons (Fsp3) is 0.333. The van der Waals surface area contributed by atoms with Crippen molar-refractivity contribution < 1.29 is 9.18 Å². The Labute approximate surface area is 122 Å².